The number of amides is 3. The number of anilines is 2. The standard InChI is InChI=1S/C24H31FN4O4/c1-15-12-26-16(2)14-33-21-11-19(28-24(31)27-18-7-5-17(25)6-8-18)9-10-20(21)23(30)29(3)13-22(15)32-4/h5-11,15-16,22,26H,12-14H2,1-4H3,(H2,27,28,31)/t15-,16-,22-/m0/s1. The summed E-state index contributed by atoms with van der Waals surface area (Å²) in [6, 6.07) is 9.91. The van der Waals surface area contributed by atoms with Crippen molar-refractivity contribution in [2.75, 3.05) is 44.5 Å². The van der Waals surface area contributed by atoms with Crippen LogP contribution in [0, 0.1) is 11.7 Å². The third-order valence-corrected chi connectivity index (χ3v) is 5.59. The summed E-state index contributed by atoms with van der Waals surface area (Å²) in [5, 5.41) is 8.79. The maximum atomic E-state index is 13.1. The molecule has 2 aromatic rings. The van der Waals surface area contributed by atoms with E-state index >= 15 is 0 Å². The second-order valence-corrected chi connectivity index (χ2v) is 8.35. The number of methoxy groups -OCH3 is 1. The van der Waals surface area contributed by atoms with E-state index in [4.69, 9.17) is 9.47 Å². The zero-order valence-electron chi connectivity index (χ0n) is 19.4. The van der Waals surface area contributed by atoms with Crippen LogP contribution in [-0.2, 0) is 4.74 Å². The molecule has 0 saturated carbocycles. The van der Waals surface area contributed by atoms with Crippen molar-refractivity contribution < 1.29 is 23.5 Å². The van der Waals surface area contributed by atoms with Gasteiger partial charge in [-0.25, -0.2) is 9.18 Å². The molecule has 0 aromatic heterocycles. The number of hydrogen-bond donors (Lipinski definition) is 3. The Labute approximate surface area is 193 Å². The molecule has 0 aliphatic carbocycles. The lowest BCUT2D eigenvalue weighted by molar-refractivity contribution is 0.0281. The van der Waals surface area contributed by atoms with Crippen molar-refractivity contribution in [1.82, 2.24) is 10.2 Å². The van der Waals surface area contributed by atoms with Crippen molar-refractivity contribution in [3.05, 3.63) is 53.8 Å². The first-order valence-corrected chi connectivity index (χ1v) is 10.9. The van der Waals surface area contributed by atoms with Crippen LogP contribution in [0.15, 0.2) is 42.5 Å². The van der Waals surface area contributed by atoms with Crippen molar-refractivity contribution in [2.24, 2.45) is 5.92 Å². The van der Waals surface area contributed by atoms with Crippen LogP contribution >= 0.6 is 0 Å². The Morgan fingerprint density at radius 2 is 1.82 bits per heavy atom. The highest BCUT2D eigenvalue weighted by molar-refractivity contribution is 6.01. The Hall–Kier alpha value is -3.17. The third-order valence-electron chi connectivity index (χ3n) is 5.59. The number of ether oxygens (including phenoxy) is 2. The van der Waals surface area contributed by atoms with Crippen LogP contribution < -0.4 is 20.7 Å². The minimum absolute atomic E-state index is 0.0449. The number of halogens is 1. The summed E-state index contributed by atoms with van der Waals surface area (Å²) in [7, 11) is 3.38. The van der Waals surface area contributed by atoms with Crippen LogP contribution in [-0.4, -0.2) is 62.8 Å². The molecule has 1 aliphatic rings. The van der Waals surface area contributed by atoms with E-state index < -0.39 is 6.03 Å². The predicted molar refractivity (Wildman–Crippen MR) is 125 cm³/mol. The van der Waals surface area contributed by atoms with Crippen LogP contribution in [0.2, 0.25) is 0 Å². The maximum absolute atomic E-state index is 13.1. The van der Waals surface area contributed by atoms with E-state index in [1.54, 1.807) is 37.3 Å². The van der Waals surface area contributed by atoms with Crippen LogP contribution in [0.4, 0.5) is 20.6 Å². The van der Waals surface area contributed by atoms with Crippen LogP contribution in [0.25, 0.3) is 0 Å². The summed E-state index contributed by atoms with van der Waals surface area (Å²) < 4.78 is 24.7. The van der Waals surface area contributed by atoms with Crippen molar-refractivity contribution in [2.45, 2.75) is 26.0 Å². The smallest absolute Gasteiger partial charge is 0.323 e. The molecule has 0 saturated heterocycles. The first-order valence-electron chi connectivity index (χ1n) is 10.9. The molecule has 3 atom stereocenters. The largest absolute Gasteiger partial charge is 0.491 e. The van der Waals surface area contributed by atoms with E-state index in [-0.39, 0.29) is 29.8 Å². The van der Waals surface area contributed by atoms with Crippen molar-refractivity contribution >= 4 is 23.3 Å². The molecule has 0 radical (unpaired) electrons. The fourth-order valence-electron chi connectivity index (χ4n) is 3.56. The SMILES string of the molecule is CO[C@H]1CN(C)C(=O)c2ccc(NC(=O)Nc3ccc(F)cc3)cc2OC[C@H](C)NC[C@@H]1C. The van der Waals surface area contributed by atoms with E-state index in [2.05, 4.69) is 22.9 Å². The van der Waals surface area contributed by atoms with Gasteiger partial charge in [0, 0.05) is 50.7 Å². The molecule has 1 heterocycles. The summed E-state index contributed by atoms with van der Waals surface area (Å²) in [6.45, 7) is 5.60. The average Bonchev–Trinajstić information content (AvgIpc) is 2.80. The molecule has 3 amide bonds. The van der Waals surface area contributed by atoms with Gasteiger partial charge >= 0.3 is 6.03 Å². The van der Waals surface area contributed by atoms with E-state index in [9.17, 15) is 14.0 Å². The summed E-state index contributed by atoms with van der Waals surface area (Å²) in [6.07, 6.45) is -0.112. The van der Waals surface area contributed by atoms with Gasteiger partial charge in [-0.15, -0.1) is 0 Å². The van der Waals surface area contributed by atoms with Gasteiger partial charge in [0.25, 0.3) is 5.91 Å². The number of carbonyl (C=O) groups is 2. The number of hydrogen-bond acceptors (Lipinski definition) is 5. The molecule has 0 unspecified atom stereocenters. The molecule has 9 heteroatoms. The number of carbonyl (C=O) groups excluding carboxylic acids is 2. The number of rotatable bonds is 3. The van der Waals surface area contributed by atoms with E-state index in [0.717, 1.165) is 6.54 Å². The first-order chi connectivity index (χ1) is 15.8. The van der Waals surface area contributed by atoms with Gasteiger partial charge in [-0.3, -0.25) is 4.79 Å². The average molecular weight is 459 g/mol. The Bertz CT molecular complexity index is 969. The highest BCUT2D eigenvalue weighted by Gasteiger charge is 2.25. The lowest BCUT2D eigenvalue weighted by Crippen LogP contribution is -2.44. The molecule has 0 bridgehead atoms. The highest BCUT2D eigenvalue weighted by Crippen LogP contribution is 2.26. The van der Waals surface area contributed by atoms with Gasteiger partial charge < -0.3 is 30.3 Å². The van der Waals surface area contributed by atoms with E-state index in [0.29, 0.717) is 35.8 Å². The van der Waals surface area contributed by atoms with Crippen LogP contribution in [0.3, 0.4) is 0 Å². The minimum Gasteiger partial charge on any atom is -0.491 e. The molecule has 0 spiro atoms. The van der Waals surface area contributed by atoms with E-state index in [1.165, 1.54) is 24.3 Å². The first kappa shape index (κ1) is 24.5. The quantitative estimate of drug-likeness (QED) is 0.654. The number of nitrogens with zero attached hydrogens (tertiary/aromatic N) is 1. The number of fused-ring (bicyclic) bond motifs is 1. The monoisotopic (exact) mass is 458 g/mol. The molecule has 33 heavy (non-hydrogen) atoms. The number of nitrogens with one attached hydrogen (secondary N) is 3. The fourth-order valence-corrected chi connectivity index (χ4v) is 3.56. The summed E-state index contributed by atoms with van der Waals surface area (Å²) in [5.74, 6) is 0.00541. The molecule has 0 fully saturated rings. The fraction of sp³-hybridized carbons (Fsp3) is 0.417. The topological polar surface area (TPSA) is 91.9 Å². The molecular formula is C24H31FN4O4. The molecular weight excluding hydrogens is 427 g/mol. The van der Waals surface area contributed by atoms with Crippen molar-refractivity contribution in [1.29, 1.82) is 0 Å². The third kappa shape index (κ3) is 6.66. The zero-order valence-corrected chi connectivity index (χ0v) is 19.4. The lowest BCUT2D eigenvalue weighted by atomic mass is 10.0. The highest BCUT2D eigenvalue weighted by atomic mass is 19.1. The summed E-state index contributed by atoms with van der Waals surface area (Å²) in [4.78, 5) is 27.1. The molecule has 3 rings (SSSR count). The van der Waals surface area contributed by atoms with Gasteiger partial charge in [0.1, 0.15) is 18.2 Å². The lowest BCUT2D eigenvalue weighted by Gasteiger charge is -2.30. The summed E-state index contributed by atoms with van der Waals surface area (Å²) >= 11 is 0. The maximum Gasteiger partial charge on any atom is 0.323 e. The van der Waals surface area contributed by atoms with Gasteiger partial charge in [0.15, 0.2) is 0 Å². The van der Waals surface area contributed by atoms with Crippen molar-refractivity contribution in [3.8, 4) is 5.75 Å². The van der Waals surface area contributed by atoms with Gasteiger partial charge in [0.2, 0.25) is 0 Å². The summed E-state index contributed by atoms with van der Waals surface area (Å²) in [5.41, 5.74) is 1.31. The normalized spacial score (nSPS) is 21.8. The number of likely N-dealkylation sites (N-methyl/N-ethyl adjacent to an activating group) is 1. The minimum atomic E-state index is -0.495. The van der Waals surface area contributed by atoms with Gasteiger partial charge in [-0.05, 0) is 49.2 Å². The van der Waals surface area contributed by atoms with E-state index in [1.807, 2.05) is 6.92 Å². The molecule has 178 valence electrons. The van der Waals surface area contributed by atoms with Crippen molar-refractivity contribution in [3.63, 3.8) is 0 Å². The number of urea groups is 1. The number of benzene rings is 2. The molecule has 1 aliphatic heterocycles. The van der Waals surface area contributed by atoms with Gasteiger partial charge in [0.05, 0.1) is 11.7 Å². The Balaban J connectivity index is 1.80. The Morgan fingerprint density at radius 1 is 1.15 bits per heavy atom. The van der Waals surface area contributed by atoms with Crippen LogP contribution in [0.1, 0.15) is 24.2 Å². The second-order valence-electron chi connectivity index (χ2n) is 8.35. The van der Waals surface area contributed by atoms with Gasteiger partial charge in [-0.2, -0.15) is 0 Å². The second kappa shape index (κ2) is 11.1. The Morgan fingerprint density at radius 3 is 2.52 bits per heavy atom. The Kier molecular flexibility index (Phi) is 8.24. The molecule has 3 N–H and O–H groups in total. The van der Waals surface area contributed by atoms with Crippen LogP contribution in [0.5, 0.6) is 5.75 Å². The predicted octanol–water partition coefficient (Wildman–Crippen LogP) is 3.56. The molecule has 2 aromatic carbocycles. The molecule has 8 nitrogen and oxygen atoms in total. The van der Waals surface area contributed by atoms with Gasteiger partial charge in [-0.1, -0.05) is 6.92 Å². The zero-order chi connectivity index (χ0) is 24.0.